The third-order valence-corrected chi connectivity index (χ3v) is 3.21. The van der Waals surface area contributed by atoms with Gasteiger partial charge in [-0.2, -0.15) is 0 Å². The number of likely N-dealkylation sites (N-methyl/N-ethyl adjacent to an activating group) is 1. The predicted molar refractivity (Wildman–Crippen MR) is 67.2 cm³/mol. The summed E-state index contributed by atoms with van der Waals surface area (Å²) in [5.41, 5.74) is 0.251. The van der Waals surface area contributed by atoms with E-state index in [0.717, 1.165) is 4.90 Å². The van der Waals surface area contributed by atoms with Crippen LogP contribution >= 0.6 is 23.2 Å². The zero-order valence-corrected chi connectivity index (χ0v) is 10.8. The molecule has 18 heavy (non-hydrogen) atoms. The van der Waals surface area contributed by atoms with Crippen molar-refractivity contribution in [1.82, 2.24) is 5.32 Å². The normalized spacial score (nSPS) is 13.8. The molecule has 5 nitrogen and oxygen atoms in total. The fourth-order valence-corrected chi connectivity index (χ4v) is 2.22. The largest absolute Gasteiger partial charge is 0.358 e. The van der Waals surface area contributed by atoms with Gasteiger partial charge in [0.1, 0.15) is 6.54 Å². The van der Waals surface area contributed by atoms with E-state index in [1.165, 1.54) is 19.2 Å². The number of hydrogen-bond acceptors (Lipinski definition) is 3. The molecule has 0 bridgehead atoms. The van der Waals surface area contributed by atoms with Crippen LogP contribution in [0.2, 0.25) is 10.0 Å². The summed E-state index contributed by atoms with van der Waals surface area (Å²) in [6.07, 6.45) is 0. The van der Waals surface area contributed by atoms with Crippen LogP contribution in [0.15, 0.2) is 12.1 Å². The molecular weight excluding hydrogens is 279 g/mol. The van der Waals surface area contributed by atoms with Crippen LogP contribution in [-0.4, -0.2) is 31.2 Å². The monoisotopic (exact) mass is 286 g/mol. The van der Waals surface area contributed by atoms with E-state index < -0.39 is 17.6 Å². The van der Waals surface area contributed by atoms with Crippen molar-refractivity contribution in [2.45, 2.75) is 0 Å². The topological polar surface area (TPSA) is 66.5 Å². The third-order valence-electron chi connectivity index (χ3n) is 2.59. The van der Waals surface area contributed by atoms with Crippen molar-refractivity contribution in [3.05, 3.63) is 27.7 Å². The van der Waals surface area contributed by atoms with Crippen LogP contribution in [0.5, 0.6) is 0 Å². The molecule has 1 aliphatic heterocycles. The quantitative estimate of drug-likeness (QED) is 0.833. The number of nitrogens with zero attached hydrogens (tertiary/aromatic N) is 1. The molecule has 0 aromatic heterocycles. The molecule has 0 spiro atoms. The highest BCUT2D eigenvalue weighted by atomic mass is 35.5. The van der Waals surface area contributed by atoms with Crippen LogP contribution in [0, 0.1) is 0 Å². The van der Waals surface area contributed by atoms with Crippen molar-refractivity contribution in [2.24, 2.45) is 0 Å². The lowest BCUT2D eigenvalue weighted by molar-refractivity contribution is -0.121. The van der Waals surface area contributed by atoms with Crippen molar-refractivity contribution < 1.29 is 14.4 Å². The first-order valence-corrected chi connectivity index (χ1v) is 5.77. The number of ketones is 1. The summed E-state index contributed by atoms with van der Waals surface area (Å²) in [4.78, 5) is 35.9. The highest BCUT2D eigenvalue weighted by Crippen LogP contribution is 2.39. The van der Waals surface area contributed by atoms with E-state index in [1.54, 1.807) is 0 Å². The summed E-state index contributed by atoms with van der Waals surface area (Å²) >= 11 is 11.8. The van der Waals surface area contributed by atoms with E-state index in [2.05, 4.69) is 5.32 Å². The summed E-state index contributed by atoms with van der Waals surface area (Å²) in [5, 5.41) is 2.72. The number of carbonyl (C=O) groups excluding carboxylic acids is 3. The van der Waals surface area contributed by atoms with E-state index >= 15 is 0 Å². The number of carbonyl (C=O) groups is 3. The minimum atomic E-state index is -0.802. The fraction of sp³-hybridized carbons (Fsp3) is 0.182. The molecule has 2 amide bonds. The van der Waals surface area contributed by atoms with E-state index in [0.29, 0.717) is 0 Å². The van der Waals surface area contributed by atoms with Gasteiger partial charge in [0.05, 0.1) is 21.3 Å². The molecule has 1 aromatic carbocycles. The molecule has 1 aliphatic rings. The molecule has 94 valence electrons. The number of fused-ring (bicyclic) bond motifs is 1. The standard InChI is InChI=1S/C11H8Cl2N2O3/c1-14-7(16)4-15-9-6(13)3-2-5(12)8(9)10(17)11(15)18/h2-3H,4H2,1H3,(H,14,16). The number of halogens is 2. The van der Waals surface area contributed by atoms with Gasteiger partial charge >= 0.3 is 0 Å². The van der Waals surface area contributed by atoms with Crippen LogP contribution in [0.4, 0.5) is 5.69 Å². The maximum atomic E-state index is 11.8. The van der Waals surface area contributed by atoms with Crippen molar-refractivity contribution in [2.75, 3.05) is 18.5 Å². The van der Waals surface area contributed by atoms with Gasteiger partial charge in [-0.3, -0.25) is 19.3 Å². The molecule has 1 N–H and O–H groups in total. The molecule has 2 rings (SSSR count). The molecule has 0 saturated heterocycles. The fourth-order valence-electron chi connectivity index (χ4n) is 1.73. The van der Waals surface area contributed by atoms with E-state index in [4.69, 9.17) is 23.2 Å². The Kier molecular flexibility index (Phi) is 3.28. The molecule has 0 atom stereocenters. The van der Waals surface area contributed by atoms with E-state index in [9.17, 15) is 14.4 Å². The summed E-state index contributed by atoms with van der Waals surface area (Å²) in [5.74, 6) is -1.95. The average Bonchev–Trinajstić information content (AvgIpc) is 2.60. The highest BCUT2D eigenvalue weighted by molar-refractivity contribution is 6.57. The number of amides is 2. The lowest BCUT2D eigenvalue weighted by Gasteiger charge is -2.16. The molecule has 0 fully saturated rings. The van der Waals surface area contributed by atoms with Crippen molar-refractivity contribution in [3.8, 4) is 0 Å². The minimum Gasteiger partial charge on any atom is -0.358 e. The average molecular weight is 287 g/mol. The maximum absolute atomic E-state index is 11.8. The number of Topliss-reactive ketones (excluding diaryl/α,β-unsaturated/α-hetero) is 1. The first kappa shape index (κ1) is 12.9. The Labute approximate surface area is 113 Å². The Hall–Kier alpha value is -1.59. The van der Waals surface area contributed by atoms with Gasteiger partial charge in [0.15, 0.2) is 0 Å². The predicted octanol–water partition coefficient (Wildman–Crippen LogP) is 1.27. The van der Waals surface area contributed by atoms with Gasteiger partial charge in [0.2, 0.25) is 5.91 Å². The van der Waals surface area contributed by atoms with Crippen LogP contribution in [0.25, 0.3) is 0 Å². The van der Waals surface area contributed by atoms with Gasteiger partial charge in [-0.1, -0.05) is 23.2 Å². The molecule has 1 heterocycles. The number of nitrogens with one attached hydrogen (secondary N) is 1. The summed E-state index contributed by atoms with van der Waals surface area (Å²) in [6.45, 7) is -0.270. The molecule has 7 heteroatoms. The van der Waals surface area contributed by atoms with Crippen molar-refractivity contribution in [1.29, 1.82) is 0 Å². The number of rotatable bonds is 2. The van der Waals surface area contributed by atoms with Crippen molar-refractivity contribution in [3.63, 3.8) is 0 Å². The summed E-state index contributed by atoms with van der Waals surface area (Å²) in [6, 6.07) is 2.92. The summed E-state index contributed by atoms with van der Waals surface area (Å²) in [7, 11) is 1.44. The van der Waals surface area contributed by atoms with E-state index in [-0.39, 0.29) is 27.8 Å². The minimum absolute atomic E-state index is 0.0538. The van der Waals surface area contributed by atoms with Gasteiger partial charge < -0.3 is 5.32 Å². The van der Waals surface area contributed by atoms with Gasteiger partial charge in [-0.05, 0) is 12.1 Å². The molecular formula is C11H8Cl2N2O3. The molecule has 0 saturated carbocycles. The molecule has 0 aliphatic carbocycles. The zero-order valence-electron chi connectivity index (χ0n) is 9.29. The zero-order chi connectivity index (χ0) is 13.4. The lowest BCUT2D eigenvalue weighted by atomic mass is 10.1. The smallest absolute Gasteiger partial charge is 0.300 e. The van der Waals surface area contributed by atoms with Crippen LogP contribution in [0.3, 0.4) is 0 Å². The molecule has 1 aromatic rings. The van der Waals surface area contributed by atoms with Crippen LogP contribution < -0.4 is 10.2 Å². The van der Waals surface area contributed by atoms with E-state index in [1.807, 2.05) is 0 Å². The third kappa shape index (κ3) is 1.85. The van der Waals surface area contributed by atoms with Crippen LogP contribution in [0.1, 0.15) is 10.4 Å². The Bertz CT molecular complexity index is 572. The second kappa shape index (κ2) is 4.59. The lowest BCUT2D eigenvalue weighted by Crippen LogP contribution is -2.39. The van der Waals surface area contributed by atoms with Gasteiger partial charge in [0.25, 0.3) is 11.7 Å². The van der Waals surface area contributed by atoms with Crippen molar-refractivity contribution >= 4 is 46.5 Å². The second-order valence-electron chi connectivity index (χ2n) is 3.65. The number of hydrogen-bond donors (Lipinski definition) is 1. The van der Waals surface area contributed by atoms with Gasteiger partial charge in [-0.25, -0.2) is 0 Å². The Morgan fingerprint density at radius 1 is 1.28 bits per heavy atom. The first-order chi connectivity index (χ1) is 8.47. The SMILES string of the molecule is CNC(=O)CN1C(=O)C(=O)c2c(Cl)ccc(Cl)c21. The number of anilines is 1. The van der Waals surface area contributed by atoms with Crippen LogP contribution in [-0.2, 0) is 9.59 Å². The molecule has 0 unspecified atom stereocenters. The van der Waals surface area contributed by atoms with Gasteiger partial charge in [-0.15, -0.1) is 0 Å². The van der Waals surface area contributed by atoms with Gasteiger partial charge in [0, 0.05) is 7.05 Å². The Morgan fingerprint density at radius 3 is 2.50 bits per heavy atom. The molecule has 0 radical (unpaired) electrons. The number of benzene rings is 1. The summed E-state index contributed by atoms with van der Waals surface area (Å²) < 4.78 is 0. The second-order valence-corrected chi connectivity index (χ2v) is 4.46. The Morgan fingerprint density at radius 2 is 1.89 bits per heavy atom. The Balaban J connectivity index is 2.55. The maximum Gasteiger partial charge on any atom is 0.300 e. The first-order valence-electron chi connectivity index (χ1n) is 5.02. The highest BCUT2D eigenvalue weighted by Gasteiger charge is 2.39.